The average Bonchev–Trinajstić information content (AvgIpc) is 2.61. The fourth-order valence-corrected chi connectivity index (χ4v) is 3.28. The van der Waals surface area contributed by atoms with Gasteiger partial charge in [0.1, 0.15) is 13.1 Å². The Bertz CT molecular complexity index is 636. The van der Waals surface area contributed by atoms with Crippen molar-refractivity contribution in [2.45, 2.75) is 5.92 Å². The van der Waals surface area contributed by atoms with Gasteiger partial charge in [-0.1, -0.05) is 58.4 Å². The van der Waals surface area contributed by atoms with Crippen molar-refractivity contribution in [3.05, 3.63) is 70.2 Å². The number of quaternary nitrogens is 1. The minimum absolute atomic E-state index is 0.106. The highest BCUT2D eigenvalue weighted by atomic mass is 79.9. The molecule has 0 saturated carbocycles. The monoisotopic (exact) mass is 374 g/mol. The molecule has 1 heterocycles. The summed E-state index contributed by atoms with van der Waals surface area (Å²) in [7, 11) is 0. The fraction of sp³-hybridized carbons (Fsp3) is 0.316. The number of rotatable bonds is 5. The van der Waals surface area contributed by atoms with E-state index in [1.165, 1.54) is 4.90 Å². The summed E-state index contributed by atoms with van der Waals surface area (Å²) in [5, 5.41) is 0. The minimum atomic E-state index is -0.106. The topological polar surface area (TPSA) is 30.7 Å². The molecule has 0 spiro atoms. The molecular formula is C19H21BrNO2+. The molecular weight excluding hydrogens is 354 g/mol. The average molecular weight is 375 g/mol. The molecule has 2 aromatic rings. The molecule has 2 aromatic carbocycles. The van der Waals surface area contributed by atoms with Crippen LogP contribution in [0.3, 0.4) is 0 Å². The summed E-state index contributed by atoms with van der Waals surface area (Å²) in [6.45, 7) is 4.32. The normalized spacial score (nSPS) is 16.9. The number of benzene rings is 2. The van der Waals surface area contributed by atoms with Crippen molar-refractivity contribution in [3.8, 4) is 0 Å². The van der Waals surface area contributed by atoms with Crippen LogP contribution in [0.15, 0.2) is 59.1 Å². The van der Waals surface area contributed by atoms with Gasteiger partial charge in [0.25, 0.3) is 0 Å². The largest absolute Gasteiger partial charge is 0.370 e. The van der Waals surface area contributed by atoms with E-state index in [0.717, 1.165) is 48.4 Å². The third-order valence-corrected chi connectivity index (χ3v) is 4.87. The van der Waals surface area contributed by atoms with E-state index in [0.29, 0.717) is 0 Å². The SMILES string of the molecule is O=C(c1ccc(Br)cc1)[C@@H](C[NH+]1CCOCC1)c1ccccc1. The van der Waals surface area contributed by atoms with Crippen LogP contribution in [0.1, 0.15) is 21.8 Å². The van der Waals surface area contributed by atoms with E-state index in [9.17, 15) is 4.79 Å². The molecule has 1 aliphatic heterocycles. The van der Waals surface area contributed by atoms with Crippen molar-refractivity contribution in [1.82, 2.24) is 0 Å². The van der Waals surface area contributed by atoms with Gasteiger partial charge in [-0.05, 0) is 17.7 Å². The molecule has 4 heteroatoms. The number of Topliss-reactive ketones (excluding diaryl/α,β-unsaturated/α-hetero) is 1. The Hall–Kier alpha value is -1.49. The third kappa shape index (κ3) is 4.28. The number of hydrogen-bond acceptors (Lipinski definition) is 2. The number of ether oxygens (including phenoxy) is 1. The number of ketones is 1. The molecule has 1 N–H and O–H groups in total. The van der Waals surface area contributed by atoms with Crippen molar-refractivity contribution in [2.75, 3.05) is 32.8 Å². The first kappa shape index (κ1) is 16.4. The van der Waals surface area contributed by atoms with E-state index in [-0.39, 0.29) is 11.7 Å². The Labute approximate surface area is 145 Å². The zero-order valence-corrected chi connectivity index (χ0v) is 14.6. The van der Waals surface area contributed by atoms with Gasteiger partial charge < -0.3 is 9.64 Å². The molecule has 3 nitrogen and oxygen atoms in total. The summed E-state index contributed by atoms with van der Waals surface area (Å²) in [4.78, 5) is 14.5. The van der Waals surface area contributed by atoms with Gasteiger partial charge in [-0.3, -0.25) is 4.79 Å². The Morgan fingerprint density at radius 2 is 1.70 bits per heavy atom. The quantitative estimate of drug-likeness (QED) is 0.814. The predicted molar refractivity (Wildman–Crippen MR) is 94.0 cm³/mol. The number of morpholine rings is 1. The molecule has 0 amide bonds. The summed E-state index contributed by atoms with van der Waals surface area (Å²) in [5.41, 5.74) is 1.87. The van der Waals surface area contributed by atoms with Crippen LogP contribution in [-0.4, -0.2) is 38.6 Å². The molecule has 0 bridgehead atoms. The van der Waals surface area contributed by atoms with Crippen molar-refractivity contribution in [3.63, 3.8) is 0 Å². The number of carbonyl (C=O) groups is 1. The smallest absolute Gasteiger partial charge is 0.175 e. The van der Waals surface area contributed by atoms with Crippen LogP contribution in [0.25, 0.3) is 0 Å². The van der Waals surface area contributed by atoms with Gasteiger partial charge in [-0.15, -0.1) is 0 Å². The predicted octanol–water partition coefficient (Wildman–Crippen LogP) is 2.33. The highest BCUT2D eigenvalue weighted by Crippen LogP contribution is 2.21. The molecule has 120 valence electrons. The number of halogens is 1. The lowest BCUT2D eigenvalue weighted by atomic mass is 9.90. The van der Waals surface area contributed by atoms with Gasteiger partial charge in [-0.2, -0.15) is 0 Å². The first-order valence-corrected chi connectivity index (χ1v) is 8.79. The van der Waals surface area contributed by atoms with Gasteiger partial charge in [0.15, 0.2) is 5.78 Å². The maximum absolute atomic E-state index is 13.1. The highest BCUT2D eigenvalue weighted by Gasteiger charge is 2.28. The maximum Gasteiger partial charge on any atom is 0.175 e. The van der Waals surface area contributed by atoms with E-state index in [2.05, 4.69) is 28.1 Å². The second-order valence-electron chi connectivity index (χ2n) is 5.90. The minimum Gasteiger partial charge on any atom is -0.370 e. The summed E-state index contributed by atoms with van der Waals surface area (Å²) < 4.78 is 6.42. The fourth-order valence-electron chi connectivity index (χ4n) is 3.02. The molecule has 0 radical (unpaired) electrons. The number of hydrogen-bond donors (Lipinski definition) is 1. The van der Waals surface area contributed by atoms with E-state index < -0.39 is 0 Å². The van der Waals surface area contributed by atoms with Gasteiger partial charge in [0.2, 0.25) is 0 Å². The van der Waals surface area contributed by atoms with Gasteiger partial charge >= 0.3 is 0 Å². The van der Waals surface area contributed by atoms with Crippen LogP contribution >= 0.6 is 15.9 Å². The standard InChI is InChI=1S/C19H20BrNO2/c20-17-8-6-16(7-9-17)19(22)18(15-4-2-1-3-5-15)14-21-10-12-23-13-11-21/h1-9,18H,10-14H2/p+1/t18-/m0/s1. The molecule has 0 unspecified atom stereocenters. The van der Waals surface area contributed by atoms with Crippen molar-refractivity contribution < 1.29 is 14.4 Å². The Morgan fingerprint density at radius 1 is 1.04 bits per heavy atom. The van der Waals surface area contributed by atoms with Gasteiger partial charge in [0.05, 0.1) is 25.7 Å². The molecule has 3 rings (SSSR count). The van der Waals surface area contributed by atoms with E-state index in [1.54, 1.807) is 0 Å². The van der Waals surface area contributed by atoms with Crippen LogP contribution in [0.4, 0.5) is 0 Å². The number of carbonyl (C=O) groups excluding carboxylic acids is 1. The zero-order chi connectivity index (χ0) is 16.1. The first-order chi connectivity index (χ1) is 11.2. The number of nitrogens with one attached hydrogen (secondary N) is 1. The maximum atomic E-state index is 13.1. The molecule has 23 heavy (non-hydrogen) atoms. The van der Waals surface area contributed by atoms with Crippen LogP contribution in [0.5, 0.6) is 0 Å². The first-order valence-electron chi connectivity index (χ1n) is 8.00. The van der Waals surface area contributed by atoms with Gasteiger partial charge in [0, 0.05) is 10.0 Å². The van der Waals surface area contributed by atoms with Crippen molar-refractivity contribution in [1.29, 1.82) is 0 Å². The second kappa shape index (κ2) is 7.86. The van der Waals surface area contributed by atoms with E-state index >= 15 is 0 Å². The lowest BCUT2D eigenvalue weighted by molar-refractivity contribution is -0.908. The highest BCUT2D eigenvalue weighted by molar-refractivity contribution is 9.10. The van der Waals surface area contributed by atoms with Crippen LogP contribution in [0.2, 0.25) is 0 Å². The molecule has 1 fully saturated rings. The van der Waals surface area contributed by atoms with E-state index in [1.807, 2.05) is 42.5 Å². The lowest BCUT2D eigenvalue weighted by Crippen LogP contribution is -3.14. The van der Waals surface area contributed by atoms with Crippen LogP contribution in [-0.2, 0) is 4.74 Å². The van der Waals surface area contributed by atoms with Crippen molar-refractivity contribution >= 4 is 21.7 Å². The molecule has 1 atom stereocenters. The van der Waals surface area contributed by atoms with E-state index in [4.69, 9.17) is 4.74 Å². The van der Waals surface area contributed by atoms with Gasteiger partial charge in [-0.25, -0.2) is 0 Å². The molecule has 1 saturated heterocycles. The van der Waals surface area contributed by atoms with Crippen LogP contribution in [0, 0.1) is 0 Å². The van der Waals surface area contributed by atoms with Crippen LogP contribution < -0.4 is 4.90 Å². The second-order valence-corrected chi connectivity index (χ2v) is 6.82. The zero-order valence-electron chi connectivity index (χ0n) is 13.0. The summed E-state index contributed by atoms with van der Waals surface area (Å²) in [6.07, 6.45) is 0. The molecule has 0 aromatic heterocycles. The summed E-state index contributed by atoms with van der Waals surface area (Å²) >= 11 is 3.43. The third-order valence-electron chi connectivity index (χ3n) is 4.34. The molecule has 0 aliphatic carbocycles. The van der Waals surface area contributed by atoms with Crippen molar-refractivity contribution in [2.24, 2.45) is 0 Å². The summed E-state index contributed by atoms with van der Waals surface area (Å²) in [6, 6.07) is 17.8. The molecule has 1 aliphatic rings. The Balaban J connectivity index is 1.84. The lowest BCUT2D eigenvalue weighted by Gasteiger charge is -2.27. The summed E-state index contributed by atoms with van der Waals surface area (Å²) in [5.74, 6) is 0.0909. The Morgan fingerprint density at radius 3 is 2.35 bits per heavy atom. The Kier molecular flexibility index (Phi) is 5.60.